The van der Waals surface area contributed by atoms with Gasteiger partial charge in [0.05, 0.1) is 26.3 Å². The first-order valence-electron chi connectivity index (χ1n) is 11.0. The topological polar surface area (TPSA) is 58.1 Å². The fraction of sp³-hybridized carbons (Fsp3) is 0.458. The number of benzene rings is 2. The number of rotatable bonds is 9. The maximum atomic E-state index is 13.7. The first kappa shape index (κ1) is 23.0. The first-order chi connectivity index (χ1) is 15.1. The van der Waals surface area contributed by atoms with Gasteiger partial charge in [0.15, 0.2) is 17.5 Å². The smallest absolute Gasteiger partial charge is 0.191 e. The van der Waals surface area contributed by atoms with E-state index < -0.39 is 0 Å². The molecule has 31 heavy (non-hydrogen) atoms. The molecule has 0 saturated carbocycles. The average Bonchev–Trinajstić information content (AvgIpc) is 2.79. The molecular formula is C24H33FN4O2. The molecule has 168 valence electrons. The second-order valence-electron chi connectivity index (χ2n) is 7.64. The molecule has 3 rings (SSSR count). The van der Waals surface area contributed by atoms with E-state index in [-0.39, 0.29) is 17.7 Å². The lowest BCUT2D eigenvalue weighted by Crippen LogP contribution is -2.41. The summed E-state index contributed by atoms with van der Waals surface area (Å²) in [4.78, 5) is 7.07. The lowest BCUT2D eigenvalue weighted by molar-refractivity contribution is 0.0342. The highest BCUT2D eigenvalue weighted by molar-refractivity contribution is 5.79. The predicted octanol–water partition coefficient (Wildman–Crippen LogP) is 3.18. The number of aliphatic imine (C=N–C) groups is 1. The maximum Gasteiger partial charge on any atom is 0.191 e. The van der Waals surface area contributed by atoms with Crippen molar-refractivity contribution >= 4 is 5.96 Å². The summed E-state index contributed by atoms with van der Waals surface area (Å²) < 4.78 is 24.8. The van der Waals surface area contributed by atoms with Crippen molar-refractivity contribution in [1.82, 2.24) is 15.5 Å². The summed E-state index contributed by atoms with van der Waals surface area (Å²) in [6, 6.07) is 15.0. The zero-order valence-electron chi connectivity index (χ0n) is 18.4. The molecular weight excluding hydrogens is 395 g/mol. The normalized spacial score (nSPS) is 16.0. The van der Waals surface area contributed by atoms with Crippen LogP contribution < -0.4 is 15.4 Å². The minimum absolute atomic E-state index is 0.208. The Balaban J connectivity index is 1.48. The molecule has 1 aliphatic rings. The molecule has 1 aliphatic heterocycles. The van der Waals surface area contributed by atoms with E-state index >= 15 is 0 Å². The van der Waals surface area contributed by atoms with E-state index in [0.717, 1.165) is 45.0 Å². The summed E-state index contributed by atoms with van der Waals surface area (Å²) in [5.74, 6) is 0.617. The standard InChI is InChI=1S/C24H33FN4O2/c1-3-26-24(27-16-19(2)31-23-7-5-4-6-22(23)25)28-17-20-8-10-21(11-9-20)18-29-12-14-30-15-13-29/h4-11,19H,3,12-18H2,1-2H3,(H2,26,27,28). The summed E-state index contributed by atoms with van der Waals surface area (Å²) in [7, 11) is 0. The Morgan fingerprint density at radius 2 is 1.81 bits per heavy atom. The van der Waals surface area contributed by atoms with Crippen LogP contribution in [0.3, 0.4) is 0 Å². The highest BCUT2D eigenvalue weighted by Gasteiger charge is 2.11. The average molecular weight is 429 g/mol. The van der Waals surface area contributed by atoms with E-state index in [0.29, 0.717) is 19.0 Å². The van der Waals surface area contributed by atoms with Gasteiger partial charge in [0, 0.05) is 26.2 Å². The van der Waals surface area contributed by atoms with Crippen molar-refractivity contribution in [2.45, 2.75) is 33.0 Å². The van der Waals surface area contributed by atoms with Crippen LogP contribution in [-0.2, 0) is 17.8 Å². The van der Waals surface area contributed by atoms with Gasteiger partial charge in [-0.3, -0.25) is 4.90 Å². The molecule has 0 spiro atoms. The molecule has 1 fully saturated rings. The van der Waals surface area contributed by atoms with Crippen molar-refractivity contribution < 1.29 is 13.9 Å². The predicted molar refractivity (Wildman–Crippen MR) is 122 cm³/mol. The molecule has 6 nitrogen and oxygen atoms in total. The fourth-order valence-electron chi connectivity index (χ4n) is 3.32. The Hall–Kier alpha value is -2.64. The SMILES string of the molecule is CCNC(=NCc1ccc(CN2CCOCC2)cc1)NCC(C)Oc1ccccc1F. The monoisotopic (exact) mass is 428 g/mol. The van der Waals surface area contributed by atoms with Gasteiger partial charge in [-0.1, -0.05) is 36.4 Å². The van der Waals surface area contributed by atoms with Crippen LogP contribution >= 0.6 is 0 Å². The van der Waals surface area contributed by atoms with E-state index in [1.54, 1.807) is 18.2 Å². The second kappa shape index (κ2) is 12.3. The van der Waals surface area contributed by atoms with Crippen LogP contribution in [0.25, 0.3) is 0 Å². The van der Waals surface area contributed by atoms with Crippen LogP contribution in [0.15, 0.2) is 53.5 Å². The van der Waals surface area contributed by atoms with Crippen molar-refractivity contribution in [1.29, 1.82) is 0 Å². The zero-order chi connectivity index (χ0) is 21.9. The molecule has 0 aromatic heterocycles. The van der Waals surface area contributed by atoms with Gasteiger partial charge >= 0.3 is 0 Å². The summed E-state index contributed by atoms with van der Waals surface area (Å²) >= 11 is 0. The number of nitrogens with zero attached hydrogens (tertiary/aromatic N) is 2. The number of nitrogens with one attached hydrogen (secondary N) is 2. The van der Waals surface area contributed by atoms with E-state index in [9.17, 15) is 4.39 Å². The van der Waals surface area contributed by atoms with E-state index in [1.807, 2.05) is 13.8 Å². The van der Waals surface area contributed by atoms with Crippen LogP contribution in [0.2, 0.25) is 0 Å². The molecule has 0 radical (unpaired) electrons. The fourth-order valence-corrected chi connectivity index (χ4v) is 3.32. The van der Waals surface area contributed by atoms with Gasteiger partial charge in [0.1, 0.15) is 6.10 Å². The van der Waals surface area contributed by atoms with Crippen molar-refractivity contribution in [3.05, 3.63) is 65.5 Å². The lowest BCUT2D eigenvalue weighted by atomic mass is 10.1. The highest BCUT2D eigenvalue weighted by Crippen LogP contribution is 2.16. The van der Waals surface area contributed by atoms with Crippen LogP contribution in [0, 0.1) is 5.82 Å². The molecule has 0 bridgehead atoms. The Morgan fingerprint density at radius 3 is 2.52 bits per heavy atom. The van der Waals surface area contributed by atoms with E-state index in [4.69, 9.17) is 9.47 Å². The number of hydrogen-bond donors (Lipinski definition) is 2. The largest absolute Gasteiger partial charge is 0.486 e. The number of ether oxygens (including phenoxy) is 2. The molecule has 1 saturated heterocycles. The van der Waals surface area contributed by atoms with Crippen molar-refractivity contribution in [3.8, 4) is 5.75 Å². The molecule has 7 heteroatoms. The lowest BCUT2D eigenvalue weighted by Gasteiger charge is -2.26. The molecule has 1 heterocycles. The Bertz CT molecular complexity index is 823. The van der Waals surface area contributed by atoms with Gasteiger partial charge in [0.2, 0.25) is 0 Å². The number of morpholine rings is 1. The summed E-state index contributed by atoms with van der Waals surface area (Å²) in [5.41, 5.74) is 2.46. The molecule has 2 aromatic carbocycles. The Labute approximate surface area is 184 Å². The molecule has 2 N–H and O–H groups in total. The third-order valence-electron chi connectivity index (χ3n) is 5.02. The molecule has 0 amide bonds. The van der Waals surface area contributed by atoms with E-state index in [1.165, 1.54) is 11.6 Å². The Kier molecular flexibility index (Phi) is 9.12. The highest BCUT2D eigenvalue weighted by atomic mass is 19.1. The number of para-hydroxylation sites is 1. The summed E-state index contributed by atoms with van der Waals surface area (Å²) in [6.07, 6.45) is -0.208. The van der Waals surface area contributed by atoms with Gasteiger partial charge < -0.3 is 20.1 Å². The third-order valence-corrected chi connectivity index (χ3v) is 5.02. The zero-order valence-corrected chi connectivity index (χ0v) is 18.4. The minimum atomic E-state index is -0.355. The third kappa shape index (κ3) is 7.84. The quantitative estimate of drug-likeness (QED) is 0.475. The van der Waals surface area contributed by atoms with Crippen LogP contribution in [0.1, 0.15) is 25.0 Å². The van der Waals surface area contributed by atoms with Gasteiger partial charge in [0.25, 0.3) is 0 Å². The van der Waals surface area contributed by atoms with E-state index in [2.05, 4.69) is 44.8 Å². The maximum absolute atomic E-state index is 13.7. The van der Waals surface area contributed by atoms with Gasteiger partial charge in [-0.15, -0.1) is 0 Å². The number of halogens is 1. The number of guanidine groups is 1. The molecule has 1 unspecified atom stereocenters. The van der Waals surface area contributed by atoms with Crippen molar-refractivity contribution in [2.75, 3.05) is 39.4 Å². The first-order valence-corrected chi connectivity index (χ1v) is 11.0. The van der Waals surface area contributed by atoms with Crippen LogP contribution in [0.5, 0.6) is 5.75 Å². The van der Waals surface area contributed by atoms with Crippen LogP contribution in [0.4, 0.5) is 4.39 Å². The van der Waals surface area contributed by atoms with Crippen LogP contribution in [-0.4, -0.2) is 56.4 Å². The van der Waals surface area contributed by atoms with Gasteiger partial charge in [-0.2, -0.15) is 0 Å². The summed E-state index contributed by atoms with van der Waals surface area (Å²) in [5, 5.41) is 6.51. The molecule has 0 aliphatic carbocycles. The van der Waals surface area contributed by atoms with Gasteiger partial charge in [-0.25, -0.2) is 9.38 Å². The summed E-state index contributed by atoms with van der Waals surface area (Å²) in [6.45, 7) is 10.3. The molecule has 2 aromatic rings. The second-order valence-corrected chi connectivity index (χ2v) is 7.64. The Morgan fingerprint density at radius 1 is 1.10 bits per heavy atom. The van der Waals surface area contributed by atoms with Crippen molar-refractivity contribution in [3.63, 3.8) is 0 Å². The molecule has 1 atom stereocenters. The van der Waals surface area contributed by atoms with Gasteiger partial charge in [-0.05, 0) is 37.1 Å². The minimum Gasteiger partial charge on any atom is -0.486 e. The number of hydrogen-bond acceptors (Lipinski definition) is 4. The van der Waals surface area contributed by atoms with Crippen molar-refractivity contribution in [2.24, 2.45) is 4.99 Å².